The highest BCUT2D eigenvalue weighted by atomic mass is 31.2. The lowest BCUT2D eigenvalue weighted by molar-refractivity contribution is -0.161. The quantitative estimate of drug-likeness (QED) is 0.0274. The van der Waals surface area contributed by atoms with Crippen molar-refractivity contribution in [3.05, 3.63) is 48.6 Å². The van der Waals surface area contributed by atoms with Gasteiger partial charge in [0.1, 0.15) is 12.7 Å². The molecule has 3 N–H and O–H groups in total. The Morgan fingerprint density at radius 3 is 1.72 bits per heavy atom. The largest absolute Gasteiger partial charge is 0.472 e. The van der Waals surface area contributed by atoms with Crippen LogP contribution in [-0.2, 0) is 32.7 Å². The van der Waals surface area contributed by atoms with Crippen LogP contribution in [0.2, 0.25) is 0 Å². The minimum Gasteiger partial charge on any atom is -0.462 e. The van der Waals surface area contributed by atoms with Crippen molar-refractivity contribution in [2.45, 2.75) is 142 Å². The van der Waals surface area contributed by atoms with Gasteiger partial charge in [0.15, 0.2) is 6.10 Å². The molecule has 3 atom stereocenters. The number of hydrogen-bond acceptors (Lipinski definition) is 9. The summed E-state index contributed by atoms with van der Waals surface area (Å²) in [5.74, 6) is -0.996. The molecule has 47 heavy (non-hydrogen) atoms. The number of carbonyl (C=O) groups excluding carboxylic acids is 2. The monoisotopic (exact) mass is 686 g/mol. The van der Waals surface area contributed by atoms with Crippen molar-refractivity contribution in [3.63, 3.8) is 0 Å². The molecular formula is C36H63O10P. The van der Waals surface area contributed by atoms with E-state index < -0.39 is 51.8 Å². The van der Waals surface area contributed by atoms with E-state index in [1.54, 1.807) is 0 Å². The Morgan fingerprint density at radius 2 is 1.17 bits per heavy atom. The van der Waals surface area contributed by atoms with Crippen molar-refractivity contribution in [1.29, 1.82) is 0 Å². The van der Waals surface area contributed by atoms with Crippen molar-refractivity contribution in [2.24, 2.45) is 0 Å². The van der Waals surface area contributed by atoms with Crippen LogP contribution in [0.4, 0.5) is 0 Å². The predicted octanol–water partition coefficient (Wildman–Crippen LogP) is 8.21. The van der Waals surface area contributed by atoms with Crippen LogP contribution >= 0.6 is 7.82 Å². The molecule has 0 amide bonds. The number of aliphatic hydroxyl groups is 2. The van der Waals surface area contributed by atoms with Crippen LogP contribution in [-0.4, -0.2) is 65.7 Å². The molecule has 272 valence electrons. The highest BCUT2D eigenvalue weighted by molar-refractivity contribution is 7.47. The van der Waals surface area contributed by atoms with Gasteiger partial charge in [0.2, 0.25) is 0 Å². The van der Waals surface area contributed by atoms with E-state index in [0.717, 1.165) is 51.4 Å². The molecule has 0 fully saturated rings. The average molecular weight is 687 g/mol. The minimum absolute atomic E-state index is 0.175. The van der Waals surface area contributed by atoms with Gasteiger partial charge >= 0.3 is 19.8 Å². The first kappa shape index (κ1) is 44.9. The number of phosphoric ester groups is 1. The lowest BCUT2D eigenvalue weighted by Crippen LogP contribution is -2.29. The van der Waals surface area contributed by atoms with Crippen molar-refractivity contribution < 1.29 is 47.8 Å². The summed E-state index contributed by atoms with van der Waals surface area (Å²) in [6.07, 6.45) is 32.7. The van der Waals surface area contributed by atoms with E-state index in [-0.39, 0.29) is 19.4 Å². The molecule has 10 nitrogen and oxygen atoms in total. The second kappa shape index (κ2) is 32.5. The number of rotatable bonds is 32. The summed E-state index contributed by atoms with van der Waals surface area (Å²) in [6, 6.07) is 0. The Bertz CT molecular complexity index is 931. The van der Waals surface area contributed by atoms with Crippen LogP contribution in [0, 0.1) is 0 Å². The molecule has 0 bridgehead atoms. The standard InChI is InChI=1S/C36H63O10P/c1-3-5-6-7-8-9-10-11-12-13-14-15-16-17-18-19-20-21-22-23-24-25-26-28-36(40)46-34(31-43-35(39)27-4-2)32-45-47(41,42)44-30-33(38)29-37/h5-6,8-9,11-12,14-15,33-34,37-38H,3-4,7,10,13,16-32H2,1-2H3,(H,41,42)/b6-5-,9-8-,12-11-,15-14-. The van der Waals surface area contributed by atoms with Gasteiger partial charge in [-0.2, -0.15) is 0 Å². The van der Waals surface area contributed by atoms with Crippen LogP contribution in [0.3, 0.4) is 0 Å². The zero-order valence-corrected chi connectivity index (χ0v) is 29.9. The second-order valence-corrected chi connectivity index (χ2v) is 13.0. The van der Waals surface area contributed by atoms with E-state index in [9.17, 15) is 24.2 Å². The summed E-state index contributed by atoms with van der Waals surface area (Å²) >= 11 is 0. The lowest BCUT2D eigenvalue weighted by Gasteiger charge is -2.20. The van der Waals surface area contributed by atoms with Gasteiger partial charge < -0.3 is 24.6 Å². The summed E-state index contributed by atoms with van der Waals surface area (Å²) in [5, 5.41) is 18.1. The van der Waals surface area contributed by atoms with Gasteiger partial charge in [0, 0.05) is 12.8 Å². The van der Waals surface area contributed by atoms with E-state index in [4.69, 9.17) is 19.1 Å². The molecule has 0 saturated carbocycles. The molecule has 0 radical (unpaired) electrons. The van der Waals surface area contributed by atoms with Crippen LogP contribution < -0.4 is 0 Å². The highest BCUT2D eigenvalue weighted by Gasteiger charge is 2.27. The molecular weight excluding hydrogens is 623 g/mol. The summed E-state index contributed by atoms with van der Waals surface area (Å²) in [5.41, 5.74) is 0. The van der Waals surface area contributed by atoms with Gasteiger partial charge in [0.05, 0.1) is 19.8 Å². The summed E-state index contributed by atoms with van der Waals surface area (Å²) in [7, 11) is -4.59. The third-order valence-electron chi connectivity index (χ3n) is 6.97. The maximum atomic E-state index is 12.4. The first-order valence-corrected chi connectivity index (χ1v) is 19.1. The lowest BCUT2D eigenvalue weighted by atomic mass is 10.0. The van der Waals surface area contributed by atoms with Gasteiger partial charge in [-0.15, -0.1) is 0 Å². The second-order valence-electron chi connectivity index (χ2n) is 11.5. The summed E-state index contributed by atoms with van der Waals surface area (Å²) in [4.78, 5) is 33.9. The molecule has 0 heterocycles. The van der Waals surface area contributed by atoms with Crippen molar-refractivity contribution >= 4 is 19.8 Å². The number of phosphoric acid groups is 1. The summed E-state index contributed by atoms with van der Waals surface area (Å²) < 4.78 is 31.9. The fraction of sp³-hybridized carbons (Fsp3) is 0.722. The number of carbonyl (C=O) groups is 2. The molecule has 0 aromatic heterocycles. The van der Waals surface area contributed by atoms with Crippen molar-refractivity contribution in [3.8, 4) is 0 Å². The highest BCUT2D eigenvalue weighted by Crippen LogP contribution is 2.43. The maximum Gasteiger partial charge on any atom is 0.472 e. The molecule has 0 aliphatic carbocycles. The molecule has 3 unspecified atom stereocenters. The Balaban J connectivity index is 3.96. The van der Waals surface area contributed by atoms with Gasteiger partial charge in [-0.05, 0) is 51.4 Å². The van der Waals surface area contributed by atoms with E-state index in [2.05, 4.69) is 60.1 Å². The van der Waals surface area contributed by atoms with Gasteiger partial charge in [-0.3, -0.25) is 18.6 Å². The first-order valence-electron chi connectivity index (χ1n) is 17.6. The van der Waals surface area contributed by atoms with E-state index >= 15 is 0 Å². The molecule has 0 spiro atoms. The minimum atomic E-state index is -4.59. The number of esters is 2. The zero-order valence-electron chi connectivity index (χ0n) is 29.0. The Hall–Kier alpha value is -2.07. The van der Waals surface area contributed by atoms with Gasteiger partial charge in [0.25, 0.3) is 0 Å². The molecule has 0 saturated heterocycles. The smallest absolute Gasteiger partial charge is 0.462 e. The number of allylic oxidation sites excluding steroid dienone is 8. The molecule has 11 heteroatoms. The zero-order chi connectivity index (χ0) is 34.9. The van der Waals surface area contributed by atoms with E-state index in [1.165, 1.54) is 38.5 Å². The number of aliphatic hydroxyl groups excluding tert-OH is 2. The molecule has 0 aliphatic heterocycles. The van der Waals surface area contributed by atoms with E-state index in [1.807, 2.05) is 6.92 Å². The maximum absolute atomic E-state index is 12.4. The Kier molecular flexibility index (Phi) is 31.0. The van der Waals surface area contributed by atoms with Crippen LogP contribution in [0.15, 0.2) is 48.6 Å². The summed E-state index contributed by atoms with van der Waals surface area (Å²) in [6.45, 7) is 1.83. The Labute approximate surface area is 283 Å². The number of ether oxygens (including phenoxy) is 2. The van der Waals surface area contributed by atoms with Crippen LogP contribution in [0.1, 0.15) is 129 Å². The number of unbranched alkanes of at least 4 members (excludes halogenated alkanes) is 10. The first-order chi connectivity index (χ1) is 22.7. The van der Waals surface area contributed by atoms with Crippen LogP contribution in [0.25, 0.3) is 0 Å². The molecule has 0 rings (SSSR count). The predicted molar refractivity (Wildman–Crippen MR) is 187 cm³/mol. The number of hydrogen-bond donors (Lipinski definition) is 3. The molecule has 0 aromatic carbocycles. The molecule has 0 aromatic rings. The third kappa shape index (κ3) is 32.3. The normalized spacial score (nSPS) is 14.7. The van der Waals surface area contributed by atoms with Crippen LogP contribution in [0.5, 0.6) is 0 Å². The SMILES string of the molecule is CC/C=C\C/C=C\C/C=C\C/C=C\CCCCCCCCCCCCC(=O)OC(COC(=O)CCC)COP(=O)(O)OCC(O)CO. The fourth-order valence-electron chi connectivity index (χ4n) is 4.31. The van der Waals surface area contributed by atoms with Crippen molar-refractivity contribution in [1.82, 2.24) is 0 Å². The van der Waals surface area contributed by atoms with Gasteiger partial charge in [-0.1, -0.05) is 114 Å². The fourth-order valence-corrected chi connectivity index (χ4v) is 5.10. The van der Waals surface area contributed by atoms with Gasteiger partial charge in [-0.25, -0.2) is 4.57 Å². The van der Waals surface area contributed by atoms with E-state index in [0.29, 0.717) is 12.8 Å². The van der Waals surface area contributed by atoms with Crippen molar-refractivity contribution in [2.75, 3.05) is 26.4 Å². The topological polar surface area (TPSA) is 149 Å². The third-order valence-corrected chi connectivity index (χ3v) is 7.92. The Morgan fingerprint density at radius 1 is 0.660 bits per heavy atom. The average Bonchev–Trinajstić information content (AvgIpc) is 3.05. The molecule has 0 aliphatic rings.